The maximum absolute atomic E-state index is 12.0. The van der Waals surface area contributed by atoms with Crippen molar-refractivity contribution in [2.75, 3.05) is 11.9 Å². The standard InChI is InChI=1S/C18H17N3O2/c19-12-10-17(22)21-16-8-6-15(7-9-16)18(23)20-13-11-14-4-2-1-3-5-14/h1-9H,10-11,13H2,(H,20,23)(H,21,22). The number of nitrogens with zero attached hydrogens (tertiary/aromatic N) is 1. The first kappa shape index (κ1) is 16.2. The summed E-state index contributed by atoms with van der Waals surface area (Å²) in [4.78, 5) is 23.3. The lowest BCUT2D eigenvalue weighted by atomic mass is 10.1. The molecule has 2 rings (SSSR count). The highest BCUT2D eigenvalue weighted by Crippen LogP contribution is 2.10. The SMILES string of the molecule is N#CCC(=O)Nc1ccc(C(=O)NCCc2ccccc2)cc1. The molecule has 5 nitrogen and oxygen atoms in total. The van der Waals surface area contributed by atoms with Crippen LogP contribution in [0, 0.1) is 11.3 Å². The van der Waals surface area contributed by atoms with Crippen LogP contribution in [-0.2, 0) is 11.2 Å². The molecule has 0 bridgehead atoms. The zero-order chi connectivity index (χ0) is 16.5. The summed E-state index contributed by atoms with van der Waals surface area (Å²) in [6.45, 7) is 0.559. The Balaban J connectivity index is 1.83. The molecule has 0 saturated heterocycles. The lowest BCUT2D eigenvalue weighted by Crippen LogP contribution is -2.25. The first-order valence-corrected chi connectivity index (χ1v) is 7.28. The molecule has 0 spiro atoms. The van der Waals surface area contributed by atoms with Gasteiger partial charge in [-0.1, -0.05) is 30.3 Å². The number of nitriles is 1. The minimum atomic E-state index is -0.368. The van der Waals surface area contributed by atoms with Gasteiger partial charge in [-0.15, -0.1) is 0 Å². The Bertz CT molecular complexity index is 703. The molecule has 5 heteroatoms. The third-order valence-electron chi connectivity index (χ3n) is 3.21. The predicted octanol–water partition coefficient (Wildman–Crippen LogP) is 2.51. The van der Waals surface area contributed by atoms with Gasteiger partial charge in [0.05, 0.1) is 6.07 Å². The van der Waals surface area contributed by atoms with Crippen LogP contribution >= 0.6 is 0 Å². The fourth-order valence-electron chi connectivity index (χ4n) is 2.05. The lowest BCUT2D eigenvalue weighted by molar-refractivity contribution is -0.115. The molecule has 0 aromatic heterocycles. The summed E-state index contributed by atoms with van der Waals surface area (Å²) in [6, 6.07) is 18.3. The molecule has 0 atom stereocenters. The number of hydrogen-bond acceptors (Lipinski definition) is 3. The minimum Gasteiger partial charge on any atom is -0.352 e. The van der Waals surface area contributed by atoms with Gasteiger partial charge in [0.2, 0.25) is 5.91 Å². The topological polar surface area (TPSA) is 82.0 Å². The van der Waals surface area contributed by atoms with Crippen LogP contribution in [-0.4, -0.2) is 18.4 Å². The van der Waals surface area contributed by atoms with Gasteiger partial charge in [-0.3, -0.25) is 9.59 Å². The Hall–Kier alpha value is -3.13. The molecule has 23 heavy (non-hydrogen) atoms. The maximum Gasteiger partial charge on any atom is 0.251 e. The number of nitrogens with one attached hydrogen (secondary N) is 2. The smallest absolute Gasteiger partial charge is 0.251 e. The molecule has 0 aliphatic heterocycles. The zero-order valence-corrected chi connectivity index (χ0v) is 12.6. The molecule has 0 fully saturated rings. The molecule has 0 radical (unpaired) electrons. The van der Waals surface area contributed by atoms with Crippen LogP contribution < -0.4 is 10.6 Å². The van der Waals surface area contributed by atoms with Crippen molar-refractivity contribution < 1.29 is 9.59 Å². The van der Waals surface area contributed by atoms with E-state index in [0.29, 0.717) is 17.8 Å². The largest absolute Gasteiger partial charge is 0.352 e. The number of rotatable bonds is 6. The van der Waals surface area contributed by atoms with E-state index in [1.165, 1.54) is 5.56 Å². The fraction of sp³-hybridized carbons (Fsp3) is 0.167. The second kappa shape index (κ2) is 8.35. The summed E-state index contributed by atoms with van der Waals surface area (Å²) >= 11 is 0. The van der Waals surface area contributed by atoms with Crippen LogP contribution in [0.4, 0.5) is 5.69 Å². The maximum atomic E-state index is 12.0. The molecule has 2 aromatic rings. The van der Waals surface area contributed by atoms with E-state index in [4.69, 9.17) is 5.26 Å². The summed E-state index contributed by atoms with van der Waals surface area (Å²) in [5.74, 6) is -0.525. The van der Waals surface area contributed by atoms with Crippen LogP contribution in [0.3, 0.4) is 0 Å². The van der Waals surface area contributed by atoms with Crippen LogP contribution in [0.25, 0.3) is 0 Å². The highest BCUT2D eigenvalue weighted by molar-refractivity contribution is 5.96. The van der Waals surface area contributed by atoms with E-state index in [2.05, 4.69) is 10.6 Å². The van der Waals surface area contributed by atoms with Crippen LogP contribution in [0.2, 0.25) is 0 Å². The molecule has 0 unspecified atom stereocenters. The average Bonchev–Trinajstić information content (AvgIpc) is 2.56. The molecule has 0 saturated carbocycles. The molecule has 2 aromatic carbocycles. The van der Waals surface area contributed by atoms with Gasteiger partial charge in [0, 0.05) is 17.8 Å². The molecule has 2 amide bonds. The van der Waals surface area contributed by atoms with Gasteiger partial charge in [0.1, 0.15) is 6.42 Å². The third kappa shape index (κ3) is 5.29. The molecule has 0 aliphatic carbocycles. The normalized spacial score (nSPS) is 9.70. The molecule has 116 valence electrons. The number of carbonyl (C=O) groups is 2. The van der Waals surface area contributed by atoms with Crippen molar-refractivity contribution in [3.05, 3.63) is 65.7 Å². The number of anilines is 1. The van der Waals surface area contributed by atoms with Gasteiger partial charge in [0.25, 0.3) is 5.91 Å². The van der Waals surface area contributed by atoms with Crippen LogP contribution in [0.5, 0.6) is 0 Å². The lowest BCUT2D eigenvalue weighted by Gasteiger charge is -2.07. The predicted molar refractivity (Wildman–Crippen MR) is 87.8 cm³/mol. The summed E-state index contributed by atoms with van der Waals surface area (Å²) in [7, 11) is 0. The Labute approximate surface area is 134 Å². The molecular formula is C18H17N3O2. The Morgan fingerprint density at radius 3 is 2.35 bits per heavy atom. The van der Waals surface area contributed by atoms with E-state index in [0.717, 1.165) is 6.42 Å². The Kier molecular flexibility index (Phi) is 5.89. The second-order valence-electron chi connectivity index (χ2n) is 4.95. The molecule has 0 heterocycles. The quantitative estimate of drug-likeness (QED) is 0.860. The van der Waals surface area contributed by atoms with Crippen molar-refractivity contribution in [1.82, 2.24) is 5.32 Å². The van der Waals surface area contributed by atoms with Gasteiger partial charge in [-0.2, -0.15) is 5.26 Å². The Morgan fingerprint density at radius 2 is 1.70 bits per heavy atom. The van der Waals surface area contributed by atoms with Crippen LogP contribution in [0.1, 0.15) is 22.3 Å². The first-order valence-electron chi connectivity index (χ1n) is 7.28. The summed E-state index contributed by atoms with van der Waals surface area (Å²) in [6.07, 6.45) is 0.580. The van der Waals surface area contributed by atoms with E-state index >= 15 is 0 Å². The fourth-order valence-corrected chi connectivity index (χ4v) is 2.05. The summed E-state index contributed by atoms with van der Waals surface area (Å²) in [5.41, 5.74) is 2.26. The van der Waals surface area contributed by atoms with Gasteiger partial charge in [0.15, 0.2) is 0 Å². The van der Waals surface area contributed by atoms with Crippen LogP contribution in [0.15, 0.2) is 54.6 Å². The van der Waals surface area contributed by atoms with Crippen molar-refractivity contribution in [2.24, 2.45) is 0 Å². The van der Waals surface area contributed by atoms with Gasteiger partial charge < -0.3 is 10.6 Å². The monoisotopic (exact) mass is 307 g/mol. The summed E-state index contributed by atoms with van der Waals surface area (Å²) < 4.78 is 0. The minimum absolute atomic E-state index is 0.157. The number of benzene rings is 2. The van der Waals surface area contributed by atoms with Gasteiger partial charge in [-0.05, 0) is 36.2 Å². The molecular weight excluding hydrogens is 290 g/mol. The number of hydrogen-bond donors (Lipinski definition) is 2. The first-order chi connectivity index (χ1) is 11.2. The highest BCUT2D eigenvalue weighted by atomic mass is 16.2. The van der Waals surface area contributed by atoms with Gasteiger partial charge >= 0.3 is 0 Å². The van der Waals surface area contributed by atoms with Crippen molar-refractivity contribution in [3.8, 4) is 6.07 Å². The third-order valence-corrected chi connectivity index (χ3v) is 3.21. The number of carbonyl (C=O) groups excluding carboxylic acids is 2. The van der Waals surface area contributed by atoms with E-state index in [9.17, 15) is 9.59 Å². The van der Waals surface area contributed by atoms with Crippen molar-refractivity contribution in [2.45, 2.75) is 12.8 Å². The highest BCUT2D eigenvalue weighted by Gasteiger charge is 2.06. The average molecular weight is 307 g/mol. The second-order valence-corrected chi connectivity index (χ2v) is 4.95. The van der Waals surface area contributed by atoms with Crippen molar-refractivity contribution in [1.29, 1.82) is 5.26 Å². The van der Waals surface area contributed by atoms with E-state index in [-0.39, 0.29) is 18.2 Å². The summed E-state index contributed by atoms with van der Waals surface area (Å²) in [5, 5.41) is 13.9. The molecule has 0 aliphatic rings. The van der Waals surface area contributed by atoms with Crippen molar-refractivity contribution in [3.63, 3.8) is 0 Å². The molecule has 2 N–H and O–H groups in total. The van der Waals surface area contributed by atoms with Crippen molar-refractivity contribution >= 4 is 17.5 Å². The van der Waals surface area contributed by atoms with E-state index < -0.39 is 0 Å². The van der Waals surface area contributed by atoms with E-state index in [1.54, 1.807) is 30.3 Å². The Morgan fingerprint density at radius 1 is 1.00 bits per heavy atom. The number of amides is 2. The van der Waals surface area contributed by atoms with E-state index in [1.807, 2.05) is 30.3 Å². The van der Waals surface area contributed by atoms with Gasteiger partial charge in [-0.25, -0.2) is 0 Å². The zero-order valence-electron chi connectivity index (χ0n) is 12.6.